The molecule has 0 spiro atoms. The van der Waals surface area contributed by atoms with Crippen LogP contribution in [-0.2, 0) is 9.59 Å². The predicted molar refractivity (Wildman–Crippen MR) is 68.8 cm³/mol. The molecule has 0 unspecified atom stereocenters. The van der Waals surface area contributed by atoms with Gasteiger partial charge in [0.25, 0.3) is 6.47 Å². The fraction of sp³-hybridized carbons (Fsp3) is 0.333. The molecule has 0 heterocycles. The lowest BCUT2D eigenvalue weighted by atomic mass is 10.3. The summed E-state index contributed by atoms with van der Waals surface area (Å²) in [5, 5.41) is 10.1. The third-order valence-electron chi connectivity index (χ3n) is 1.86. The molecule has 0 saturated carbocycles. The highest BCUT2D eigenvalue weighted by atomic mass is 16.5. The van der Waals surface area contributed by atoms with Crippen molar-refractivity contribution in [2.75, 3.05) is 18.5 Å². The van der Waals surface area contributed by atoms with Gasteiger partial charge < -0.3 is 25.7 Å². The third kappa shape index (κ3) is 6.49. The molecule has 1 aromatic rings. The summed E-state index contributed by atoms with van der Waals surface area (Å²) >= 11 is 0. The van der Waals surface area contributed by atoms with E-state index in [0.717, 1.165) is 18.0 Å². The van der Waals surface area contributed by atoms with E-state index in [1.165, 1.54) is 0 Å². The van der Waals surface area contributed by atoms with Crippen molar-refractivity contribution < 1.29 is 19.4 Å². The van der Waals surface area contributed by atoms with Crippen molar-refractivity contribution in [3.63, 3.8) is 0 Å². The zero-order chi connectivity index (χ0) is 13.8. The Kier molecular flexibility index (Phi) is 8.93. The van der Waals surface area contributed by atoms with E-state index in [-0.39, 0.29) is 13.1 Å². The lowest BCUT2D eigenvalue weighted by Crippen LogP contribution is -2.29. The van der Waals surface area contributed by atoms with Crippen LogP contribution < -0.4 is 15.8 Å². The van der Waals surface area contributed by atoms with E-state index in [1.807, 2.05) is 31.2 Å². The lowest BCUT2D eigenvalue weighted by molar-refractivity contribution is -0.122. The van der Waals surface area contributed by atoms with Crippen LogP contribution in [0.3, 0.4) is 0 Å². The monoisotopic (exact) mass is 254 g/mol. The van der Waals surface area contributed by atoms with Crippen molar-refractivity contribution in [2.45, 2.75) is 13.0 Å². The van der Waals surface area contributed by atoms with Crippen LogP contribution in [0.4, 0.5) is 5.69 Å². The Bertz CT molecular complexity index is 358. The number of rotatable bonds is 6. The van der Waals surface area contributed by atoms with E-state index in [4.69, 9.17) is 20.4 Å². The highest BCUT2D eigenvalue weighted by Crippen LogP contribution is 2.23. The maximum atomic E-state index is 10.3. The molecule has 0 amide bonds. The second-order valence-corrected chi connectivity index (χ2v) is 3.24. The third-order valence-corrected chi connectivity index (χ3v) is 1.86. The van der Waals surface area contributed by atoms with Crippen LogP contribution in [-0.4, -0.2) is 37.1 Å². The fourth-order valence-corrected chi connectivity index (χ4v) is 1.15. The minimum atomic E-state index is -0.570. The molecule has 6 nitrogen and oxygen atoms in total. The summed E-state index contributed by atoms with van der Waals surface area (Å²) < 4.78 is 5.42. The summed E-state index contributed by atoms with van der Waals surface area (Å²) in [5.74, 6) is 0.719. The molecule has 0 radical (unpaired) electrons. The Hall–Kier alpha value is -2.08. The van der Waals surface area contributed by atoms with Crippen LogP contribution in [0.1, 0.15) is 6.92 Å². The average molecular weight is 254 g/mol. The number of nitrogens with two attached hydrogens (primary N) is 1. The first-order valence-electron chi connectivity index (χ1n) is 5.44. The van der Waals surface area contributed by atoms with Gasteiger partial charge in [-0.1, -0.05) is 12.1 Å². The predicted octanol–water partition coefficient (Wildman–Crippen LogP) is 0.724. The Morgan fingerprint density at radius 1 is 1.44 bits per heavy atom. The van der Waals surface area contributed by atoms with Gasteiger partial charge in [-0.2, -0.15) is 0 Å². The van der Waals surface area contributed by atoms with Crippen LogP contribution in [0.5, 0.6) is 5.75 Å². The molecule has 0 aliphatic heterocycles. The first-order valence-corrected chi connectivity index (χ1v) is 5.44. The number of hydrogen-bond acceptors (Lipinski definition) is 5. The van der Waals surface area contributed by atoms with E-state index < -0.39 is 6.04 Å². The van der Waals surface area contributed by atoms with E-state index in [0.29, 0.717) is 6.29 Å². The summed E-state index contributed by atoms with van der Waals surface area (Å²) in [6.45, 7) is 2.78. The van der Waals surface area contributed by atoms with E-state index in [9.17, 15) is 4.79 Å². The molecular weight excluding hydrogens is 236 g/mol. The Labute approximate surface area is 106 Å². The van der Waals surface area contributed by atoms with Crippen LogP contribution in [0.15, 0.2) is 24.3 Å². The number of carbonyl (C=O) groups excluding carboxylic acids is 1. The smallest absolute Gasteiger partial charge is 0.290 e. The van der Waals surface area contributed by atoms with E-state index >= 15 is 0 Å². The Balaban J connectivity index is 0.000000873. The number of anilines is 1. The largest absolute Gasteiger partial charge is 0.489 e. The zero-order valence-electron chi connectivity index (χ0n) is 10.2. The molecule has 1 aromatic carbocycles. The number of ether oxygens (including phenoxy) is 1. The molecule has 100 valence electrons. The summed E-state index contributed by atoms with van der Waals surface area (Å²) in [4.78, 5) is 18.7. The maximum Gasteiger partial charge on any atom is 0.290 e. The molecular formula is C12H18N2O4. The minimum absolute atomic E-state index is 0.200. The Morgan fingerprint density at radius 2 is 2.06 bits per heavy atom. The first kappa shape index (κ1) is 15.9. The average Bonchev–Trinajstić information content (AvgIpc) is 2.38. The molecule has 6 heteroatoms. The normalized spacial score (nSPS) is 10.6. The number of para-hydroxylation sites is 2. The molecule has 0 bridgehead atoms. The van der Waals surface area contributed by atoms with Gasteiger partial charge in [0.1, 0.15) is 18.6 Å². The molecule has 18 heavy (non-hydrogen) atoms. The van der Waals surface area contributed by atoms with Gasteiger partial charge in [-0.15, -0.1) is 0 Å². The number of carbonyl (C=O) groups is 2. The van der Waals surface area contributed by atoms with E-state index in [2.05, 4.69) is 5.32 Å². The standard InChI is InChI=1S/C11H16N2O2.CH2O2/c1-2-13-10-5-3-4-6-11(10)15-8-9(12)7-14;2-1-3/h3-7,9,13H,2,8,12H2,1H3;1H,(H,2,3)/t9-;/m0./s1. The van der Waals surface area contributed by atoms with Gasteiger partial charge in [-0.3, -0.25) is 4.79 Å². The van der Waals surface area contributed by atoms with Gasteiger partial charge in [0.05, 0.1) is 11.7 Å². The van der Waals surface area contributed by atoms with Crippen LogP contribution in [0.2, 0.25) is 0 Å². The number of hydrogen-bond donors (Lipinski definition) is 3. The summed E-state index contributed by atoms with van der Waals surface area (Å²) in [6, 6.07) is 6.99. The minimum Gasteiger partial charge on any atom is -0.489 e. The molecule has 0 saturated heterocycles. The van der Waals surface area contributed by atoms with Crippen LogP contribution in [0.25, 0.3) is 0 Å². The zero-order valence-corrected chi connectivity index (χ0v) is 10.2. The van der Waals surface area contributed by atoms with Gasteiger partial charge in [0.15, 0.2) is 0 Å². The highest BCUT2D eigenvalue weighted by Gasteiger charge is 2.04. The number of carboxylic acid groups (broad SMARTS) is 1. The number of aldehydes is 1. The highest BCUT2D eigenvalue weighted by molar-refractivity contribution is 5.58. The van der Waals surface area contributed by atoms with Crippen molar-refractivity contribution in [1.29, 1.82) is 0 Å². The SMILES string of the molecule is CCNc1ccccc1OC[C@@H](N)C=O.O=CO. The number of benzene rings is 1. The lowest BCUT2D eigenvalue weighted by Gasteiger charge is -2.12. The molecule has 0 aliphatic rings. The van der Waals surface area contributed by atoms with E-state index in [1.54, 1.807) is 0 Å². The molecule has 1 atom stereocenters. The number of nitrogens with one attached hydrogen (secondary N) is 1. The van der Waals surface area contributed by atoms with Crippen molar-refractivity contribution >= 4 is 18.4 Å². The van der Waals surface area contributed by atoms with Gasteiger partial charge in [0, 0.05) is 6.54 Å². The summed E-state index contributed by atoms with van der Waals surface area (Å²) in [7, 11) is 0. The van der Waals surface area contributed by atoms with Crippen LogP contribution in [0, 0.1) is 0 Å². The molecule has 0 fully saturated rings. The fourth-order valence-electron chi connectivity index (χ4n) is 1.15. The van der Waals surface area contributed by atoms with Gasteiger partial charge >= 0.3 is 0 Å². The molecule has 0 aromatic heterocycles. The maximum absolute atomic E-state index is 10.3. The first-order chi connectivity index (χ1) is 8.69. The van der Waals surface area contributed by atoms with Crippen molar-refractivity contribution in [2.24, 2.45) is 5.73 Å². The molecule has 0 aliphatic carbocycles. The summed E-state index contributed by atoms with van der Waals surface area (Å²) in [6.07, 6.45) is 0.676. The van der Waals surface area contributed by atoms with Gasteiger partial charge in [-0.25, -0.2) is 0 Å². The summed E-state index contributed by atoms with van der Waals surface area (Å²) in [5.41, 5.74) is 6.35. The second-order valence-electron chi connectivity index (χ2n) is 3.24. The quantitative estimate of drug-likeness (QED) is 0.647. The van der Waals surface area contributed by atoms with Crippen molar-refractivity contribution in [3.05, 3.63) is 24.3 Å². The molecule has 4 N–H and O–H groups in total. The van der Waals surface area contributed by atoms with Gasteiger partial charge in [0.2, 0.25) is 0 Å². The molecule has 1 rings (SSSR count). The second kappa shape index (κ2) is 10.1. The topological polar surface area (TPSA) is 102 Å². The van der Waals surface area contributed by atoms with Gasteiger partial charge in [-0.05, 0) is 19.1 Å². The van der Waals surface area contributed by atoms with Crippen molar-refractivity contribution in [1.82, 2.24) is 0 Å². The van der Waals surface area contributed by atoms with Crippen LogP contribution >= 0.6 is 0 Å². The Morgan fingerprint density at radius 3 is 2.61 bits per heavy atom. The van der Waals surface area contributed by atoms with Crippen molar-refractivity contribution in [3.8, 4) is 5.75 Å².